The zero-order valence-corrected chi connectivity index (χ0v) is 18.9. The van der Waals surface area contributed by atoms with Crippen molar-refractivity contribution in [2.45, 2.75) is 46.6 Å². The summed E-state index contributed by atoms with van der Waals surface area (Å²) in [6, 6.07) is 5.97. The molecule has 1 heterocycles. The average molecular weight is 442 g/mol. The maximum Gasteiger partial charge on any atom is 0.342 e. The van der Waals surface area contributed by atoms with Crippen LogP contribution in [0.3, 0.4) is 0 Å². The number of hydrogen-bond acceptors (Lipinski definition) is 5. The Morgan fingerprint density at radius 3 is 2.39 bits per heavy atom. The summed E-state index contributed by atoms with van der Waals surface area (Å²) in [7, 11) is 0. The number of esters is 1. The Morgan fingerprint density at radius 1 is 1.10 bits per heavy atom. The van der Waals surface area contributed by atoms with E-state index < -0.39 is 29.7 Å². The summed E-state index contributed by atoms with van der Waals surface area (Å²) in [4.78, 5) is 37.5. The molecule has 164 valence electrons. The van der Waals surface area contributed by atoms with Gasteiger partial charge in [0.2, 0.25) is 5.91 Å². The number of nitrogens with one attached hydrogen (secondary N) is 1. The van der Waals surface area contributed by atoms with Gasteiger partial charge in [0.05, 0.1) is 17.9 Å². The number of hydrogen-bond donors (Lipinski definition) is 2. The van der Waals surface area contributed by atoms with E-state index in [1.54, 1.807) is 19.9 Å². The predicted octanol–water partition coefficient (Wildman–Crippen LogP) is 5.20. The highest BCUT2D eigenvalue weighted by Crippen LogP contribution is 2.39. The van der Waals surface area contributed by atoms with Crippen LogP contribution in [0.2, 0.25) is 0 Å². The quantitative estimate of drug-likeness (QED) is 0.475. The van der Waals surface area contributed by atoms with E-state index in [9.17, 15) is 19.5 Å². The topological polar surface area (TPSA) is 92.7 Å². The monoisotopic (exact) mass is 441 g/mol. The average Bonchev–Trinajstić information content (AvgIpc) is 3.10. The zero-order valence-electron chi connectivity index (χ0n) is 18.1. The van der Waals surface area contributed by atoms with E-state index in [-0.39, 0.29) is 6.10 Å². The Bertz CT molecular complexity index is 1040. The number of carbonyl (C=O) groups is 3. The zero-order chi connectivity index (χ0) is 22.7. The third-order valence-electron chi connectivity index (χ3n) is 5.33. The van der Waals surface area contributed by atoms with E-state index in [4.69, 9.17) is 4.74 Å². The smallest absolute Gasteiger partial charge is 0.342 e. The van der Waals surface area contributed by atoms with Crippen LogP contribution in [0.15, 0.2) is 35.7 Å². The number of aliphatic carboxylic acids is 1. The molecule has 0 bridgehead atoms. The first-order chi connectivity index (χ1) is 14.7. The number of thiophene rings is 1. The van der Waals surface area contributed by atoms with E-state index in [2.05, 4.69) is 5.32 Å². The Labute approximate surface area is 185 Å². The second kappa shape index (κ2) is 9.47. The minimum atomic E-state index is -0.994. The summed E-state index contributed by atoms with van der Waals surface area (Å²) in [5.41, 5.74) is 4.01. The summed E-state index contributed by atoms with van der Waals surface area (Å²) in [5.74, 6) is -3.38. The molecule has 1 aliphatic carbocycles. The van der Waals surface area contributed by atoms with Gasteiger partial charge in [-0.05, 0) is 51.7 Å². The van der Waals surface area contributed by atoms with Crippen LogP contribution in [0.1, 0.15) is 48.2 Å². The molecule has 0 saturated heterocycles. The second-order valence-corrected chi connectivity index (χ2v) is 8.99. The maximum absolute atomic E-state index is 13.0. The number of amides is 1. The van der Waals surface area contributed by atoms with Gasteiger partial charge in [0.15, 0.2) is 0 Å². The third-order valence-corrected chi connectivity index (χ3v) is 6.23. The first-order valence-corrected chi connectivity index (χ1v) is 11.2. The van der Waals surface area contributed by atoms with Crippen molar-refractivity contribution >= 4 is 34.2 Å². The fourth-order valence-electron chi connectivity index (χ4n) is 3.82. The van der Waals surface area contributed by atoms with Crippen LogP contribution in [-0.2, 0) is 14.3 Å². The van der Waals surface area contributed by atoms with Crippen LogP contribution in [0, 0.1) is 25.7 Å². The highest BCUT2D eigenvalue weighted by atomic mass is 32.1. The molecule has 2 aromatic rings. The van der Waals surface area contributed by atoms with Crippen LogP contribution in [0.4, 0.5) is 5.00 Å². The molecule has 7 heteroatoms. The van der Waals surface area contributed by atoms with Crippen LogP contribution in [0.25, 0.3) is 11.1 Å². The van der Waals surface area contributed by atoms with Crippen molar-refractivity contribution in [3.63, 3.8) is 0 Å². The molecule has 0 saturated carbocycles. The van der Waals surface area contributed by atoms with Crippen LogP contribution >= 0.6 is 11.3 Å². The number of ether oxygens (including phenoxy) is 1. The van der Waals surface area contributed by atoms with Crippen LogP contribution in [0.5, 0.6) is 0 Å². The first-order valence-electron chi connectivity index (χ1n) is 10.3. The number of carbonyl (C=O) groups excluding carboxylic acids is 2. The molecule has 1 aliphatic rings. The van der Waals surface area contributed by atoms with E-state index in [1.165, 1.54) is 11.3 Å². The summed E-state index contributed by atoms with van der Waals surface area (Å²) < 4.78 is 5.46. The minimum absolute atomic E-state index is 0.303. The second-order valence-electron chi connectivity index (χ2n) is 8.11. The highest BCUT2D eigenvalue weighted by Gasteiger charge is 2.35. The summed E-state index contributed by atoms with van der Waals surface area (Å²) in [6.45, 7) is 7.51. The molecule has 1 amide bonds. The molecule has 1 aromatic carbocycles. The molecule has 0 spiro atoms. The van der Waals surface area contributed by atoms with Gasteiger partial charge in [-0.15, -0.1) is 11.3 Å². The van der Waals surface area contributed by atoms with Crippen molar-refractivity contribution in [3.05, 3.63) is 52.4 Å². The minimum Gasteiger partial charge on any atom is -0.481 e. The van der Waals surface area contributed by atoms with Crippen LogP contribution < -0.4 is 5.32 Å². The summed E-state index contributed by atoms with van der Waals surface area (Å²) in [5, 5.41) is 14.5. The lowest BCUT2D eigenvalue weighted by atomic mass is 9.82. The van der Waals surface area contributed by atoms with Gasteiger partial charge in [-0.3, -0.25) is 9.59 Å². The Kier molecular flexibility index (Phi) is 6.95. The fourth-order valence-corrected chi connectivity index (χ4v) is 4.77. The molecule has 6 nitrogen and oxygen atoms in total. The van der Waals surface area contributed by atoms with Gasteiger partial charge in [-0.2, -0.15) is 0 Å². The van der Waals surface area contributed by atoms with Crippen molar-refractivity contribution in [1.29, 1.82) is 0 Å². The lowest BCUT2D eigenvalue weighted by Crippen LogP contribution is -2.34. The Hall–Kier alpha value is -2.93. The molecule has 0 radical (unpaired) electrons. The normalized spacial score (nSPS) is 18.1. The van der Waals surface area contributed by atoms with E-state index in [0.29, 0.717) is 29.0 Å². The van der Waals surface area contributed by atoms with Gasteiger partial charge in [0.25, 0.3) is 0 Å². The number of benzene rings is 1. The van der Waals surface area contributed by atoms with Crippen molar-refractivity contribution < 1.29 is 24.2 Å². The Balaban J connectivity index is 1.99. The summed E-state index contributed by atoms with van der Waals surface area (Å²) in [6.07, 6.45) is 3.96. The molecular weight excluding hydrogens is 414 g/mol. The number of carboxylic acids is 1. The standard InChI is InChI=1S/C24H27NO5S/c1-13(2)30-24(29)20-19(16-10-9-14(3)11-15(16)4)12-31-22(20)25-21(26)17-7-5-6-8-18(17)23(27)28/h5-6,9-13,17-18H,7-8H2,1-4H3,(H,25,26)(H,27,28)/t17-,18+/m0/s1. The van der Waals surface area contributed by atoms with Gasteiger partial charge in [0.1, 0.15) is 10.6 Å². The fraction of sp³-hybridized carbons (Fsp3) is 0.375. The van der Waals surface area contributed by atoms with Crippen LogP contribution in [-0.4, -0.2) is 29.1 Å². The van der Waals surface area contributed by atoms with E-state index >= 15 is 0 Å². The maximum atomic E-state index is 13.0. The predicted molar refractivity (Wildman–Crippen MR) is 121 cm³/mol. The SMILES string of the molecule is Cc1ccc(-c2csc(NC(=O)[C@H]3CC=CC[C@H]3C(=O)O)c2C(=O)OC(C)C)c(C)c1. The molecule has 1 aromatic heterocycles. The molecule has 0 aliphatic heterocycles. The van der Waals surface area contributed by atoms with Gasteiger partial charge in [0, 0.05) is 10.9 Å². The lowest BCUT2D eigenvalue weighted by molar-refractivity contribution is -0.146. The number of rotatable bonds is 6. The molecule has 0 fully saturated rings. The van der Waals surface area contributed by atoms with Crippen molar-refractivity contribution in [2.24, 2.45) is 11.8 Å². The molecular formula is C24H27NO5S. The van der Waals surface area contributed by atoms with Gasteiger partial charge >= 0.3 is 11.9 Å². The van der Waals surface area contributed by atoms with Crippen molar-refractivity contribution in [3.8, 4) is 11.1 Å². The number of allylic oxidation sites excluding steroid dienone is 2. The Morgan fingerprint density at radius 2 is 1.77 bits per heavy atom. The molecule has 2 N–H and O–H groups in total. The van der Waals surface area contributed by atoms with E-state index in [1.807, 2.05) is 43.5 Å². The van der Waals surface area contributed by atoms with E-state index in [0.717, 1.165) is 16.7 Å². The summed E-state index contributed by atoms with van der Waals surface area (Å²) >= 11 is 1.24. The van der Waals surface area contributed by atoms with Gasteiger partial charge in [-0.25, -0.2) is 4.79 Å². The number of anilines is 1. The number of aryl methyl sites for hydroxylation is 2. The molecule has 3 rings (SSSR count). The lowest BCUT2D eigenvalue weighted by Gasteiger charge is -2.24. The van der Waals surface area contributed by atoms with Gasteiger partial charge < -0.3 is 15.2 Å². The number of carboxylic acid groups (broad SMARTS) is 1. The molecule has 0 unspecified atom stereocenters. The third kappa shape index (κ3) is 5.05. The first kappa shape index (κ1) is 22.7. The highest BCUT2D eigenvalue weighted by molar-refractivity contribution is 7.15. The largest absolute Gasteiger partial charge is 0.481 e. The van der Waals surface area contributed by atoms with Gasteiger partial charge in [-0.1, -0.05) is 35.9 Å². The van der Waals surface area contributed by atoms with Crippen molar-refractivity contribution in [1.82, 2.24) is 0 Å². The molecule has 31 heavy (non-hydrogen) atoms. The molecule has 2 atom stereocenters. The van der Waals surface area contributed by atoms with Crippen molar-refractivity contribution in [2.75, 3.05) is 5.32 Å².